The van der Waals surface area contributed by atoms with E-state index in [1.807, 2.05) is 32.0 Å². The second-order valence-corrected chi connectivity index (χ2v) is 8.30. The number of nitro groups is 1. The summed E-state index contributed by atoms with van der Waals surface area (Å²) >= 11 is 5.88. The number of nitrogens with one attached hydrogen (secondary N) is 1. The van der Waals surface area contributed by atoms with Crippen LogP contribution in [0.25, 0.3) is 0 Å². The number of hydrogen-bond donors (Lipinski definition) is 1. The highest BCUT2D eigenvalue weighted by Gasteiger charge is 2.16. The molecule has 3 aromatic carbocycles. The lowest BCUT2D eigenvalue weighted by molar-refractivity contribution is -0.384. The van der Waals surface area contributed by atoms with Gasteiger partial charge in [0, 0.05) is 17.2 Å². The zero-order valence-electron chi connectivity index (χ0n) is 18.9. The van der Waals surface area contributed by atoms with Crippen LogP contribution in [0.3, 0.4) is 0 Å². The third kappa shape index (κ3) is 6.39. The van der Waals surface area contributed by atoms with Crippen LogP contribution < -0.4 is 14.8 Å². The van der Waals surface area contributed by atoms with E-state index in [0.29, 0.717) is 22.3 Å². The maximum Gasteiger partial charge on any atom is 0.291 e. The average Bonchev–Trinajstić information content (AvgIpc) is 3.28. The van der Waals surface area contributed by atoms with Gasteiger partial charge in [0.2, 0.25) is 0 Å². The fourth-order valence-corrected chi connectivity index (χ4v) is 3.53. The predicted molar refractivity (Wildman–Crippen MR) is 132 cm³/mol. The third-order valence-electron chi connectivity index (χ3n) is 4.87. The molecule has 0 radical (unpaired) electrons. The lowest BCUT2D eigenvalue weighted by Crippen LogP contribution is -2.11. The molecule has 4 rings (SSSR count). The number of ether oxygens (including phenoxy) is 2. The van der Waals surface area contributed by atoms with E-state index in [2.05, 4.69) is 5.32 Å². The Morgan fingerprint density at radius 3 is 2.34 bits per heavy atom. The number of hydrogen-bond acceptors (Lipinski definition) is 6. The highest BCUT2D eigenvalue weighted by Crippen LogP contribution is 2.30. The molecule has 178 valence electrons. The molecule has 1 heterocycles. The highest BCUT2D eigenvalue weighted by atomic mass is 35.5. The van der Waals surface area contributed by atoms with E-state index in [1.165, 1.54) is 24.3 Å². The van der Waals surface area contributed by atoms with Gasteiger partial charge in [0.25, 0.3) is 11.6 Å². The van der Waals surface area contributed by atoms with Crippen molar-refractivity contribution in [2.45, 2.75) is 20.5 Å². The Bertz CT molecular complexity index is 1360. The largest absolute Gasteiger partial charge is 0.486 e. The van der Waals surface area contributed by atoms with E-state index in [9.17, 15) is 14.9 Å². The number of nitro benzene ring substituents is 1. The fraction of sp³-hybridized carbons (Fsp3) is 0.115. The number of rotatable bonds is 8. The molecule has 0 fully saturated rings. The van der Waals surface area contributed by atoms with Crippen molar-refractivity contribution in [2.24, 2.45) is 0 Å². The minimum Gasteiger partial charge on any atom is -0.486 e. The van der Waals surface area contributed by atoms with Crippen molar-refractivity contribution in [3.8, 4) is 17.2 Å². The average molecular weight is 493 g/mol. The number of amides is 1. The maximum atomic E-state index is 12.7. The van der Waals surface area contributed by atoms with Gasteiger partial charge in [-0.3, -0.25) is 14.9 Å². The van der Waals surface area contributed by atoms with Gasteiger partial charge in [-0.05, 0) is 73.5 Å². The minimum absolute atomic E-state index is 0.0377. The first-order chi connectivity index (χ1) is 16.7. The summed E-state index contributed by atoms with van der Waals surface area (Å²) in [5, 5.41) is 14.5. The lowest BCUT2D eigenvalue weighted by atomic mass is 10.1. The van der Waals surface area contributed by atoms with E-state index in [4.69, 9.17) is 25.5 Å². The van der Waals surface area contributed by atoms with Crippen LogP contribution in [0.4, 0.5) is 11.4 Å². The van der Waals surface area contributed by atoms with Crippen molar-refractivity contribution in [2.75, 3.05) is 5.32 Å². The van der Waals surface area contributed by atoms with Crippen molar-refractivity contribution < 1.29 is 23.6 Å². The Kier molecular flexibility index (Phi) is 7.03. The summed E-state index contributed by atoms with van der Waals surface area (Å²) in [4.78, 5) is 23.5. The van der Waals surface area contributed by atoms with Crippen LogP contribution >= 0.6 is 11.6 Å². The van der Waals surface area contributed by atoms with Crippen LogP contribution in [-0.2, 0) is 6.61 Å². The predicted octanol–water partition coefficient (Wildman–Crippen LogP) is 7.08. The summed E-state index contributed by atoms with van der Waals surface area (Å²) in [6, 6.07) is 19.5. The minimum atomic E-state index is -0.570. The molecular weight excluding hydrogens is 472 g/mol. The number of benzene rings is 3. The number of carbonyl (C=O) groups is 1. The number of non-ortho nitro benzene ring substituents is 1. The zero-order valence-corrected chi connectivity index (χ0v) is 19.7. The summed E-state index contributed by atoms with van der Waals surface area (Å²) < 4.78 is 17.1. The van der Waals surface area contributed by atoms with Gasteiger partial charge >= 0.3 is 0 Å². The van der Waals surface area contributed by atoms with Crippen LogP contribution in [0.5, 0.6) is 17.2 Å². The summed E-state index contributed by atoms with van der Waals surface area (Å²) in [6.07, 6.45) is 0. The number of furan rings is 1. The van der Waals surface area contributed by atoms with Crippen LogP contribution in [0.1, 0.15) is 27.4 Å². The smallest absolute Gasteiger partial charge is 0.291 e. The van der Waals surface area contributed by atoms with Gasteiger partial charge in [0.05, 0.1) is 16.7 Å². The summed E-state index contributed by atoms with van der Waals surface area (Å²) in [7, 11) is 0. The van der Waals surface area contributed by atoms with Crippen molar-refractivity contribution in [3.05, 3.63) is 111 Å². The molecule has 0 aliphatic carbocycles. The molecule has 0 bridgehead atoms. The number of nitrogens with zero attached hydrogens (tertiary/aromatic N) is 1. The quantitative estimate of drug-likeness (QED) is 0.208. The van der Waals surface area contributed by atoms with Crippen LogP contribution in [-0.4, -0.2) is 10.8 Å². The van der Waals surface area contributed by atoms with Crippen molar-refractivity contribution in [1.82, 2.24) is 0 Å². The first-order valence-electron chi connectivity index (χ1n) is 10.6. The van der Waals surface area contributed by atoms with Crippen LogP contribution in [0.2, 0.25) is 5.02 Å². The zero-order chi connectivity index (χ0) is 24.9. The first-order valence-corrected chi connectivity index (χ1v) is 11.0. The molecule has 8 nitrogen and oxygen atoms in total. The number of anilines is 1. The molecule has 0 unspecified atom stereocenters. The monoisotopic (exact) mass is 492 g/mol. The van der Waals surface area contributed by atoms with Gasteiger partial charge in [0.15, 0.2) is 5.76 Å². The first kappa shape index (κ1) is 23.8. The molecule has 4 aromatic rings. The SMILES string of the molecule is Cc1cc(C)cc(OCc2ccc(C(=O)Nc3cc(Oc4ccc(Cl)cc4)cc([N+](=O)[O-])c3)o2)c1. The molecule has 0 spiro atoms. The summed E-state index contributed by atoms with van der Waals surface area (Å²) in [5.74, 6) is 1.25. The Hall–Kier alpha value is -4.30. The Balaban J connectivity index is 1.46. The molecule has 0 aliphatic heterocycles. The van der Waals surface area contributed by atoms with Gasteiger partial charge in [-0.2, -0.15) is 0 Å². The van der Waals surface area contributed by atoms with Gasteiger partial charge in [0.1, 0.15) is 29.6 Å². The number of aryl methyl sites for hydroxylation is 2. The van der Waals surface area contributed by atoms with Gasteiger partial charge in [-0.15, -0.1) is 0 Å². The Morgan fingerprint density at radius 1 is 0.943 bits per heavy atom. The summed E-state index contributed by atoms with van der Waals surface area (Å²) in [5.41, 5.74) is 2.10. The standard InChI is InChI=1S/C26H21ClN2O6/c1-16-9-17(2)11-23(10-16)33-15-22-7-8-25(35-22)26(30)28-19-12-20(29(31)32)14-24(13-19)34-21-5-3-18(27)4-6-21/h3-14H,15H2,1-2H3,(H,28,30). The molecule has 9 heteroatoms. The second-order valence-electron chi connectivity index (χ2n) is 7.86. The normalized spacial score (nSPS) is 10.6. The van der Waals surface area contributed by atoms with Crippen molar-refractivity contribution in [3.63, 3.8) is 0 Å². The van der Waals surface area contributed by atoms with E-state index >= 15 is 0 Å². The van der Waals surface area contributed by atoms with E-state index < -0.39 is 10.8 Å². The van der Waals surface area contributed by atoms with E-state index in [1.54, 1.807) is 30.3 Å². The van der Waals surface area contributed by atoms with Crippen molar-refractivity contribution in [1.29, 1.82) is 0 Å². The fourth-order valence-electron chi connectivity index (χ4n) is 3.40. The second kappa shape index (κ2) is 10.3. The third-order valence-corrected chi connectivity index (χ3v) is 5.12. The topological polar surface area (TPSA) is 104 Å². The molecule has 35 heavy (non-hydrogen) atoms. The molecule has 0 saturated carbocycles. The van der Waals surface area contributed by atoms with E-state index in [-0.39, 0.29) is 29.5 Å². The van der Waals surface area contributed by atoms with E-state index in [0.717, 1.165) is 11.1 Å². The Labute approximate surface area is 206 Å². The van der Waals surface area contributed by atoms with Crippen LogP contribution in [0, 0.1) is 24.0 Å². The van der Waals surface area contributed by atoms with Gasteiger partial charge in [-0.25, -0.2) is 0 Å². The number of carbonyl (C=O) groups excluding carboxylic acids is 1. The molecular formula is C26H21ClN2O6. The highest BCUT2D eigenvalue weighted by molar-refractivity contribution is 6.30. The van der Waals surface area contributed by atoms with Crippen LogP contribution in [0.15, 0.2) is 77.2 Å². The van der Waals surface area contributed by atoms with Gasteiger partial charge in [-0.1, -0.05) is 17.7 Å². The van der Waals surface area contributed by atoms with Crippen molar-refractivity contribution >= 4 is 28.9 Å². The number of halogens is 1. The molecule has 1 aromatic heterocycles. The maximum absolute atomic E-state index is 12.7. The van der Waals surface area contributed by atoms with Gasteiger partial charge < -0.3 is 19.2 Å². The molecule has 1 amide bonds. The Morgan fingerprint density at radius 2 is 1.66 bits per heavy atom. The molecule has 1 N–H and O–H groups in total. The lowest BCUT2D eigenvalue weighted by Gasteiger charge is -2.09. The summed E-state index contributed by atoms with van der Waals surface area (Å²) in [6.45, 7) is 4.11. The molecule has 0 atom stereocenters. The molecule has 0 aliphatic rings. The molecule has 0 saturated heterocycles.